The van der Waals surface area contributed by atoms with E-state index in [0.717, 1.165) is 26.9 Å². The molecular weight excluding hydrogens is 430 g/mol. The predicted octanol–water partition coefficient (Wildman–Crippen LogP) is 4.19. The van der Waals surface area contributed by atoms with E-state index >= 15 is 0 Å². The van der Waals surface area contributed by atoms with E-state index in [4.69, 9.17) is 11.6 Å². The third kappa shape index (κ3) is 4.13. The highest BCUT2D eigenvalue weighted by atomic mass is 35.5. The summed E-state index contributed by atoms with van der Waals surface area (Å²) in [5, 5.41) is 9.29. The fourth-order valence-electron chi connectivity index (χ4n) is 2.84. The number of rotatable bonds is 6. The summed E-state index contributed by atoms with van der Waals surface area (Å²) in [6, 6.07) is 14.2. The molecule has 1 unspecified atom stereocenters. The number of imidazole rings is 1. The van der Waals surface area contributed by atoms with Gasteiger partial charge in [0.25, 0.3) is 0 Å². The first-order valence-corrected chi connectivity index (χ1v) is 11.5. The molecule has 2 heterocycles. The van der Waals surface area contributed by atoms with Gasteiger partial charge in [-0.15, -0.1) is 5.10 Å². The van der Waals surface area contributed by atoms with E-state index in [9.17, 15) is 8.42 Å². The summed E-state index contributed by atoms with van der Waals surface area (Å²) in [7, 11) is -2.04. The van der Waals surface area contributed by atoms with Crippen molar-refractivity contribution in [3.63, 3.8) is 0 Å². The van der Waals surface area contributed by atoms with Crippen molar-refractivity contribution < 1.29 is 8.42 Å². The molecule has 4 aromatic rings. The van der Waals surface area contributed by atoms with Crippen molar-refractivity contribution in [2.45, 2.75) is 17.9 Å². The summed E-state index contributed by atoms with van der Waals surface area (Å²) in [5.41, 5.74) is 2.77. The molecule has 29 heavy (non-hydrogen) atoms. The zero-order valence-electron chi connectivity index (χ0n) is 15.6. The molecule has 10 heteroatoms. The molecule has 0 saturated heterocycles. The van der Waals surface area contributed by atoms with Gasteiger partial charge < -0.3 is 5.32 Å². The molecule has 1 atom stereocenters. The van der Waals surface area contributed by atoms with Crippen molar-refractivity contribution in [2.75, 3.05) is 12.4 Å². The summed E-state index contributed by atoms with van der Waals surface area (Å²) in [6.07, 6.45) is 1.88. The SMILES string of the molecule is CNS(=O)(=O)c1ccc(C(C)Nc2nn3cc(-c4ccc(Cl)cc4)nc3s2)cc1. The van der Waals surface area contributed by atoms with Gasteiger partial charge in [-0.1, -0.05) is 47.2 Å². The first-order chi connectivity index (χ1) is 13.9. The number of nitrogens with one attached hydrogen (secondary N) is 2. The van der Waals surface area contributed by atoms with Gasteiger partial charge in [0.1, 0.15) is 0 Å². The van der Waals surface area contributed by atoms with Crippen LogP contribution in [0.5, 0.6) is 0 Å². The van der Waals surface area contributed by atoms with Gasteiger partial charge in [0.05, 0.1) is 22.8 Å². The highest BCUT2D eigenvalue weighted by Crippen LogP contribution is 2.28. The molecule has 150 valence electrons. The summed E-state index contributed by atoms with van der Waals surface area (Å²) in [4.78, 5) is 5.64. The van der Waals surface area contributed by atoms with Gasteiger partial charge in [0, 0.05) is 10.6 Å². The summed E-state index contributed by atoms with van der Waals surface area (Å²) in [5.74, 6) is 0. The van der Waals surface area contributed by atoms with Crippen LogP contribution >= 0.6 is 22.9 Å². The molecule has 0 aliphatic carbocycles. The third-order valence-corrected chi connectivity index (χ3v) is 7.02. The van der Waals surface area contributed by atoms with E-state index in [0.29, 0.717) is 5.02 Å². The minimum Gasteiger partial charge on any atom is -0.354 e. The lowest BCUT2D eigenvalue weighted by Crippen LogP contribution is -2.18. The predicted molar refractivity (Wildman–Crippen MR) is 116 cm³/mol. The molecule has 2 N–H and O–H groups in total. The molecule has 0 aliphatic heterocycles. The van der Waals surface area contributed by atoms with Crippen molar-refractivity contribution >= 4 is 43.1 Å². The van der Waals surface area contributed by atoms with Crippen LogP contribution in [-0.2, 0) is 10.0 Å². The first-order valence-electron chi connectivity index (χ1n) is 8.78. The molecule has 0 bridgehead atoms. The standard InChI is InChI=1S/C19H18ClN5O2S2/c1-12(13-5-9-16(10-6-13)29(26,27)21-2)22-18-24-25-11-17(23-19(25)28-18)14-3-7-15(20)8-4-14/h3-12,21H,1-2H3,(H,22,24). The topological polar surface area (TPSA) is 88.4 Å². The van der Waals surface area contributed by atoms with Gasteiger partial charge in [-0.3, -0.25) is 0 Å². The van der Waals surface area contributed by atoms with Crippen LogP contribution in [-0.4, -0.2) is 30.1 Å². The molecule has 7 nitrogen and oxygen atoms in total. The normalized spacial score (nSPS) is 12.9. The molecule has 4 rings (SSSR count). The van der Waals surface area contributed by atoms with Crippen molar-refractivity contribution in [3.05, 3.63) is 65.3 Å². The quantitative estimate of drug-likeness (QED) is 0.462. The molecule has 0 saturated carbocycles. The van der Waals surface area contributed by atoms with E-state index in [1.807, 2.05) is 37.4 Å². The Morgan fingerprint density at radius 3 is 2.41 bits per heavy atom. The lowest BCUT2D eigenvalue weighted by atomic mass is 10.1. The average molecular weight is 448 g/mol. The number of hydrogen-bond donors (Lipinski definition) is 2. The Kier molecular flexibility index (Phi) is 5.30. The molecule has 0 aliphatic rings. The smallest absolute Gasteiger partial charge is 0.240 e. The Labute approximate surface area is 177 Å². The number of hydrogen-bond acceptors (Lipinski definition) is 6. The highest BCUT2D eigenvalue weighted by Gasteiger charge is 2.15. The minimum atomic E-state index is -3.44. The second-order valence-electron chi connectivity index (χ2n) is 6.41. The second-order valence-corrected chi connectivity index (χ2v) is 9.69. The maximum absolute atomic E-state index is 11.8. The number of benzene rings is 2. The van der Waals surface area contributed by atoms with Crippen molar-refractivity contribution in [1.29, 1.82) is 0 Å². The lowest BCUT2D eigenvalue weighted by Gasteiger charge is -2.13. The first kappa shape index (κ1) is 19.8. The zero-order chi connectivity index (χ0) is 20.6. The molecule has 0 radical (unpaired) electrons. The van der Waals surface area contributed by atoms with E-state index in [-0.39, 0.29) is 10.9 Å². The molecule has 2 aromatic heterocycles. The summed E-state index contributed by atoms with van der Waals surface area (Å²) >= 11 is 7.39. The minimum absolute atomic E-state index is 0.0482. The largest absolute Gasteiger partial charge is 0.354 e. The van der Waals surface area contributed by atoms with Crippen LogP contribution < -0.4 is 10.0 Å². The lowest BCUT2D eigenvalue weighted by molar-refractivity contribution is 0.588. The average Bonchev–Trinajstić information content (AvgIpc) is 3.27. The Balaban J connectivity index is 1.50. The van der Waals surface area contributed by atoms with Crippen LogP contribution in [0.3, 0.4) is 0 Å². The fourth-order valence-corrected chi connectivity index (χ4v) is 4.56. The maximum Gasteiger partial charge on any atom is 0.240 e. The molecule has 2 aromatic carbocycles. The van der Waals surface area contributed by atoms with Crippen molar-refractivity contribution in [3.8, 4) is 11.3 Å². The van der Waals surface area contributed by atoms with E-state index in [2.05, 4.69) is 20.1 Å². The van der Waals surface area contributed by atoms with E-state index in [1.54, 1.807) is 28.8 Å². The third-order valence-electron chi connectivity index (χ3n) is 4.48. The van der Waals surface area contributed by atoms with Gasteiger partial charge in [0.15, 0.2) is 0 Å². The monoisotopic (exact) mass is 447 g/mol. The highest BCUT2D eigenvalue weighted by molar-refractivity contribution is 7.89. The Hall–Kier alpha value is -2.46. The van der Waals surface area contributed by atoms with Crippen molar-refractivity contribution in [2.24, 2.45) is 0 Å². The van der Waals surface area contributed by atoms with Crippen LogP contribution in [0, 0.1) is 0 Å². The van der Waals surface area contributed by atoms with Crippen LogP contribution in [0.2, 0.25) is 5.02 Å². The Morgan fingerprint density at radius 1 is 1.10 bits per heavy atom. The number of anilines is 1. The van der Waals surface area contributed by atoms with Gasteiger partial charge in [-0.05, 0) is 43.8 Å². The number of halogens is 1. The second kappa shape index (κ2) is 7.75. The van der Waals surface area contributed by atoms with Gasteiger partial charge in [-0.2, -0.15) is 0 Å². The number of fused-ring (bicyclic) bond motifs is 1. The number of nitrogens with zero attached hydrogens (tertiary/aromatic N) is 3. The van der Waals surface area contributed by atoms with Crippen LogP contribution in [0.15, 0.2) is 59.6 Å². The van der Waals surface area contributed by atoms with Gasteiger partial charge in [-0.25, -0.2) is 22.6 Å². The van der Waals surface area contributed by atoms with Crippen molar-refractivity contribution in [1.82, 2.24) is 19.3 Å². The van der Waals surface area contributed by atoms with Gasteiger partial charge >= 0.3 is 0 Å². The van der Waals surface area contributed by atoms with E-state index in [1.165, 1.54) is 18.4 Å². The Bertz CT molecular complexity index is 1220. The van der Waals surface area contributed by atoms with Crippen LogP contribution in [0.4, 0.5) is 5.13 Å². The molecule has 0 amide bonds. The van der Waals surface area contributed by atoms with Gasteiger partial charge in [0.2, 0.25) is 20.1 Å². The maximum atomic E-state index is 11.8. The molecule has 0 fully saturated rings. The Morgan fingerprint density at radius 2 is 1.79 bits per heavy atom. The van der Waals surface area contributed by atoms with Crippen LogP contribution in [0.25, 0.3) is 16.2 Å². The fraction of sp³-hybridized carbons (Fsp3) is 0.158. The molecule has 0 spiro atoms. The summed E-state index contributed by atoms with van der Waals surface area (Å²) < 4.78 is 27.7. The number of aromatic nitrogens is 3. The molecular formula is C19H18ClN5O2S2. The zero-order valence-corrected chi connectivity index (χ0v) is 18.0. The van der Waals surface area contributed by atoms with E-state index < -0.39 is 10.0 Å². The van der Waals surface area contributed by atoms with Crippen LogP contribution in [0.1, 0.15) is 18.5 Å². The number of sulfonamides is 1. The summed E-state index contributed by atoms with van der Waals surface area (Å²) in [6.45, 7) is 1.99.